The monoisotopic (exact) mass is 252 g/mol. The van der Waals surface area contributed by atoms with Gasteiger partial charge in [0.25, 0.3) is 5.91 Å². The van der Waals surface area contributed by atoms with Gasteiger partial charge in [-0.15, -0.1) is 0 Å². The van der Waals surface area contributed by atoms with Gasteiger partial charge in [0.05, 0.1) is 5.56 Å². The van der Waals surface area contributed by atoms with Gasteiger partial charge >= 0.3 is 5.97 Å². The van der Waals surface area contributed by atoms with Gasteiger partial charge in [0.2, 0.25) is 5.91 Å². The summed E-state index contributed by atoms with van der Waals surface area (Å²) in [5, 5.41) is 11.4. The molecule has 7 nitrogen and oxygen atoms in total. The van der Waals surface area contributed by atoms with E-state index in [2.05, 4.69) is 5.32 Å². The molecular formula is C11H12N2O5. The summed E-state index contributed by atoms with van der Waals surface area (Å²) < 4.78 is 5.00. The van der Waals surface area contributed by atoms with Crippen LogP contribution in [0.15, 0.2) is 16.7 Å². The molecule has 1 aliphatic heterocycles. The van der Waals surface area contributed by atoms with Crippen molar-refractivity contribution < 1.29 is 23.9 Å². The van der Waals surface area contributed by atoms with E-state index in [1.165, 1.54) is 12.3 Å². The molecule has 0 bridgehead atoms. The largest absolute Gasteiger partial charge is 0.480 e. The third kappa shape index (κ3) is 2.20. The van der Waals surface area contributed by atoms with E-state index in [-0.39, 0.29) is 24.6 Å². The Morgan fingerprint density at radius 3 is 2.83 bits per heavy atom. The van der Waals surface area contributed by atoms with Gasteiger partial charge in [0.15, 0.2) is 0 Å². The van der Waals surface area contributed by atoms with Crippen molar-refractivity contribution in [2.24, 2.45) is 0 Å². The Kier molecular flexibility index (Phi) is 3.05. The van der Waals surface area contributed by atoms with Gasteiger partial charge in [-0.25, -0.2) is 4.79 Å². The molecule has 1 fully saturated rings. The summed E-state index contributed by atoms with van der Waals surface area (Å²) in [6.45, 7) is 1.32. The Bertz CT molecular complexity index is 507. The molecule has 2 N–H and O–H groups in total. The topological polar surface area (TPSA) is 99.9 Å². The predicted octanol–water partition coefficient (Wildman–Crippen LogP) is -0.387. The third-order valence-corrected chi connectivity index (χ3v) is 2.71. The maximum atomic E-state index is 12.1. The number of amides is 2. The molecule has 0 radical (unpaired) electrons. The van der Waals surface area contributed by atoms with Crippen LogP contribution in [0.5, 0.6) is 0 Å². The lowest BCUT2D eigenvalue weighted by Crippen LogP contribution is -2.59. The molecule has 1 aliphatic rings. The molecule has 18 heavy (non-hydrogen) atoms. The van der Waals surface area contributed by atoms with Crippen molar-refractivity contribution >= 4 is 17.8 Å². The van der Waals surface area contributed by atoms with Crippen LogP contribution in [0.4, 0.5) is 0 Å². The van der Waals surface area contributed by atoms with Crippen molar-refractivity contribution in [3.63, 3.8) is 0 Å². The molecule has 1 atom stereocenters. The number of aliphatic carboxylic acids is 1. The van der Waals surface area contributed by atoms with Gasteiger partial charge in [-0.05, 0) is 13.0 Å². The van der Waals surface area contributed by atoms with Crippen LogP contribution in [-0.2, 0) is 9.59 Å². The van der Waals surface area contributed by atoms with Crippen molar-refractivity contribution in [2.75, 3.05) is 13.1 Å². The fourth-order valence-corrected chi connectivity index (χ4v) is 1.80. The molecule has 2 rings (SSSR count). The first-order chi connectivity index (χ1) is 8.49. The van der Waals surface area contributed by atoms with Gasteiger partial charge in [-0.3, -0.25) is 9.59 Å². The minimum absolute atomic E-state index is 0.0866. The first kappa shape index (κ1) is 12.2. The van der Waals surface area contributed by atoms with Gasteiger partial charge in [0, 0.05) is 6.54 Å². The zero-order chi connectivity index (χ0) is 13.3. The number of carboxylic acids is 1. The van der Waals surface area contributed by atoms with E-state index >= 15 is 0 Å². The van der Waals surface area contributed by atoms with Gasteiger partial charge in [-0.2, -0.15) is 0 Å². The number of nitrogens with zero attached hydrogens (tertiary/aromatic N) is 1. The van der Waals surface area contributed by atoms with Crippen molar-refractivity contribution in [3.05, 3.63) is 23.7 Å². The first-order valence-corrected chi connectivity index (χ1v) is 5.34. The van der Waals surface area contributed by atoms with Crippen molar-refractivity contribution in [3.8, 4) is 0 Å². The van der Waals surface area contributed by atoms with E-state index in [4.69, 9.17) is 9.52 Å². The number of aryl methyl sites for hydroxylation is 1. The number of rotatable bonds is 2. The third-order valence-electron chi connectivity index (χ3n) is 2.71. The molecule has 2 heterocycles. The standard InChI is InChI=1S/C11H12N2O5/c1-6-2-7(5-18-6)10(15)13-4-9(14)12-3-8(13)11(16)17/h2,5,8H,3-4H2,1H3,(H,12,14)(H,16,17). The highest BCUT2D eigenvalue weighted by Gasteiger charge is 2.35. The number of nitrogens with one attached hydrogen (secondary N) is 1. The molecule has 96 valence electrons. The maximum Gasteiger partial charge on any atom is 0.328 e. The molecule has 0 aliphatic carbocycles. The Labute approximate surface area is 102 Å². The minimum Gasteiger partial charge on any atom is -0.480 e. The van der Waals surface area contributed by atoms with E-state index in [0.717, 1.165) is 4.90 Å². The van der Waals surface area contributed by atoms with E-state index in [0.29, 0.717) is 5.76 Å². The number of piperazine rings is 1. The fraction of sp³-hybridized carbons (Fsp3) is 0.364. The number of carboxylic acid groups (broad SMARTS) is 1. The Hall–Kier alpha value is -2.31. The Morgan fingerprint density at radius 1 is 1.56 bits per heavy atom. The lowest BCUT2D eigenvalue weighted by Gasteiger charge is -2.32. The predicted molar refractivity (Wildman–Crippen MR) is 58.9 cm³/mol. The quantitative estimate of drug-likeness (QED) is 0.747. The smallest absolute Gasteiger partial charge is 0.328 e. The van der Waals surface area contributed by atoms with Crippen LogP contribution in [0.2, 0.25) is 0 Å². The zero-order valence-corrected chi connectivity index (χ0v) is 9.67. The number of hydrogen-bond acceptors (Lipinski definition) is 4. The van der Waals surface area contributed by atoms with Crippen LogP contribution in [-0.4, -0.2) is 46.9 Å². The van der Waals surface area contributed by atoms with Crippen LogP contribution < -0.4 is 5.32 Å². The zero-order valence-electron chi connectivity index (χ0n) is 9.67. The molecular weight excluding hydrogens is 240 g/mol. The number of carbonyl (C=O) groups is 3. The van der Waals surface area contributed by atoms with Crippen LogP contribution in [0.1, 0.15) is 16.1 Å². The second kappa shape index (κ2) is 4.52. The first-order valence-electron chi connectivity index (χ1n) is 5.34. The molecule has 1 aromatic heterocycles. The molecule has 2 amide bonds. The van der Waals surface area contributed by atoms with Crippen LogP contribution in [0.25, 0.3) is 0 Å². The van der Waals surface area contributed by atoms with Crippen molar-refractivity contribution in [2.45, 2.75) is 13.0 Å². The van der Waals surface area contributed by atoms with Gasteiger partial charge in [0.1, 0.15) is 24.6 Å². The number of furan rings is 1. The number of carbonyl (C=O) groups excluding carboxylic acids is 2. The molecule has 7 heteroatoms. The summed E-state index contributed by atoms with van der Waals surface area (Å²) in [5.41, 5.74) is 0.244. The van der Waals surface area contributed by atoms with Crippen LogP contribution in [0.3, 0.4) is 0 Å². The number of hydrogen-bond donors (Lipinski definition) is 2. The lowest BCUT2D eigenvalue weighted by atomic mass is 10.1. The molecule has 1 saturated heterocycles. The minimum atomic E-state index is -1.15. The lowest BCUT2D eigenvalue weighted by molar-refractivity contribution is -0.144. The second-order valence-electron chi connectivity index (χ2n) is 4.04. The molecule has 0 spiro atoms. The summed E-state index contributed by atoms with van der Waals surface area (Å²) in [7, 11) is 0. The average Bonchev–Trinajstić information content (AvgIpc) is 2.74. The summed E-state index contributed by atoms with van der Waals surface area (Å²) in [5.74, 6) is -1.49. The van der Waals surface area contributed by atoms with Crippen molar-refractivity contribution in [1.29, 1.82) is 0 Å². The van der Waals surface area contributed by atoms with E-state index in [1.54, 1.807) is 6.92 Å². The molecule has 1 unspecified atom stereocenters. The molecule has 1 aromatic rings. The summed E-state index contributed by atoms with van der Waals surface area (Å²) >= 11 is 0. The van der Waals surface area contributed by atoms with E-state index in [1.807, 2.05) is 0 Å². The van der Waals surface area contributed by atoms with Crippen molar-refractivity contribution in [1.82, 2.24) is 10.2 Å². The summed E-state index contributed by atoms with van der Waals surface area (Å²) in [4.78, 5) is 35.4. The van der Waals surface area contributed by atoms with Crippen LogP contribution >= 0.6 is 0 Å². The van der Waals surface area contributed by atoms with Gasteiger partial charge in [-0.1, -0.05) is 0 Å². The van der Waals surface area contributed by atoms with Gasteiger partial charge < -0.3 is 19.7 Å². The average molecular weight is 252 g/mol. The highest BCUT2D eigenvalue weighted by Crippen LogP contribution is 2.13. The van der Waals surface area contributed by atoms with Crippen LogP contribution in [0, 0.1) is 6.92 Å². The van der Waals surface area contributed by atoms with E-state index in [9.17, 15) is 14.4 Å². The molecule has 0 aromatic carbocycles. The maximum absolute atomic E-state index is 12.1. The Balaban J connectivity index is 2.25. The fourth-order valence-electron chi connectivity index (χ4n) is 1.80. The normalized spacial score (nSPS) is 19.5. The summed E-state index contributed by atoms with van der Waals surface area (Å²) in [6, 6.07) is 0.457. The SMILES string of the molecule is Cc1cc(C(=O)N2CC(=O)NCC2C(=O)O)co1. The second-order valence-corrected chi connectivity index (χ2v) is 4.04. The highest BCUT2D eigenvalue weighted by atomic mass is 16.4. The summed E-state index contributed by atoms with van der Waals surface area (Å²) in [6.07, 6.45) is 1.25. The highest BCUT2D eigenvalue weighted by molar-refractivity contribution is 5.99. The Morgan fingerprint density at radius 2 is 2.28 bits per heavy atom. The van der Waals surface area contributed by atoms with E-state index < -0.39 is 17.9 Å². The molecule has 0 saturated carbocycles.